The molecule has 2 unspecified atom stereocenters. The monoisotopic (exact) mass is 218 g/mol. The van der Waals surface area contributed by atoms with E-state index in [9.17, 15) is 4.79 Å². The van der Waals surface area contributed by atoms with Gasteiger partial charge in [0.05, 0.1) is 12.6 Å². The highest BCUT2D eigenvalue weighted by atomic mass is 16.5. The summed E-state index contributed by atoms with van der Waals surface area (Å²) in [4.78, 5) is 11.5. The molecule has 2 atom stereocenters. The predicted octanol–water partition coefficient (Wildman–Crippen LogP) is -0.109. The van der Waals surface area contributed by atoms with E-state index in [1.807, 2.05) is 6.92 Å². The fraction of sp³-hybridized carbons (Fsp3) is 0.900. The summed E-state index contributed by atoms with van der Waals surface area (Å²) >= 11 is 0. The molecule has 0 aromatic rings. The Hall–Kier alpha value is -0.650. The number of carbonyl (C=O) groups excluding carboxylic acids is 1. The molecule has 0 spiro atoms. The first-order valence-corrected chi connectivity index (χ1v) is 5.15. The third-order valence-electron chi connectivity index (χ3n) is 2.01. The average Bonchev–Trinajstić information content (AvgIpc) is 2.18. The maximum atomic E-state index is 11.5. The van der Waals surface area contributed by atoms with E-state index in [4.69, 9.17) is 15.2 Å². The molecule has 0 aliphatic carbocycles. The zero-order valence-electron chi connectivity index (χ0n) is 9.79. The minimum Gasteiger partial charge on any atom is -0.385 e. The molecule has 0 bridgehead atoms. The van der Waals surface area contributed by atoms with Crippen LogP contribution in [0, 0.1) is 0 Å². The Bertz CT molecular complexity index is 176. The lowest BCUT2D eigenvalue weighted by atomic mass is 10.1. The highest BCUT2D eigenvalue weighted by Crippen LogP contribution is 1.96. The van der Waals surface area contributed by atoms with Crippen LogP contribution in [-0.4, -0.2) is 45.4 Å². The molecule has 0 heterocycles. The molecule has 3 N–H and O–H groups in total. The van der Waals surface area contributed by atoms with Crippen molar-refractivity contribution in [3.8, 4) is 0 Å². The number of amides is 1. The molecule has 5 heteroatoms. The Kier molecular flexibility index (Phi) is 8.27. The molecule has 0 aliphatic rings. The normalized spacial score (nSPS) is 14.7. The van der Waals surface area contributed by atoms with Crippen molar-refractivity contribution in [2.75, 3.05) is 27.4 Å². The van der Waals surface area contributed by atoms with E-state index in [2.05, 4.69) is 5.32 Å². The average molecular weight is 218 g/mol. The number of rotatable bonds is 8. The molecular formula is C10H22N2O3. The van der Waals surface area contributed by atoms with Crippen molar-refractivity contribution < 1.29 is 14.3 Å². The van der Waals surface area contributed by atoms with E-state index >= 15 is 0 Å². The van der Waals surface area contributed by atoms with Crippen LogP contribution in [0.25, 0.3) is 0 Å². The van der Waals surface area contributed by atoms with Crippen molar-refractivity contribution in [3.05, 3.63) is 0 Å². The molecule has 0 saturated carbocycles. The molecule has 1 amide bonds. The van der Waals surface area contributed by atoms with Gasteiger partial charge in [-0.1, -0.05) is 0 Å². The van der Waals surface area contributed by atoms with Crippen LogP contribution in [0.5, 0.6) is 0 Å². The second-order valence-electron chi connectivity index (χ2n) is 3.61. The zero-order chi connectivity index (χ0) is 11.7. The number of ether oxygens (including phenoxy) is 2. The first-order valence-electron chi connectivity index (χ1n) is 5.15. The van der Waals surface area contributed by atoms with Crippen LogP contribution in [0.1, 0.15) is 19.8 Å². The van der Waals surface area contributed by atoms with Gasteiger partial charge in [-0.15, -0.1) is 0 Å². The van der Waals surface area contributed by atoms with Crippen LogP contribution in [0.15, 0.2) is 0 Å². The fourth-order valence-corrected chi connectivity index (χ4v) is 1.22. The van der Waals surface area contributed by atoms with Gasteiger partial charge >= 0.3 is 0 Å². The van der Waals surface area contributed by atoms with Gasteiger partial charge in [-0.2, -0.15) is 0 Å². The second kappa shape index (κ2) is 8.64. The highest BCUT2D eigenvalue weighted by molar-refractivity contribution is 5.81. The van der Waals surface area contributed by atoms with Crippen LogP contribution in [0.3, 0.4) is 0 Å². The van der Waals surface area contributed by atoms with E-state index in [-0.39, 0.29) is 11.9 Å². The maximum absolute atomic E-state index is 11.5. The molecular weight excluding hydrogens is 196 g/mol. The molecule has 0 saturated heterocycles. The molecule has 0 aromatic heterocycles. The number of hydrogen-bond acceptors (Lipinski definition) is 4. The number of nitrogens with one attached hydrogen (secondary N) is 1. The van der Waals surface area contributed by atoms with Crippen LogP contribution in [-0.2, 0) is 14.3 Å². The lowest BCUT2D eigenvalue weighted by Crippen LogP contribution is -2.45. The van der Waals surface area contributed by atoms with Crippen LogP contribution < -0.4 is 11.1 Å². The molecule has 0 radical (unpaired) electrons. The molecule has 5 nitrogen and oxygen atoms in total. The van der Waals surface area contributed by atoms with Gasteiger partial charge in [0.2, 0.25) is 5.91 Å². The molecule has 15 heavy (non-hydrogen) atoms. The highest BCUT2D eigenvalue weighted by Gasteiger charge is 2.14. The van der Waals surface area contributed by atoms with E-state index in [1.165, 1.54) is 0 Å². The first-order chi connectivity index (χ1) is 7.11. The van der Waals surface area contributed by atoms with Crippen LogP contribution >= 0.6 is 0 Å². The summed E-state index contributed by atoms with van der Waals surface area (Å²) in [5, 5.41) is 2.78. The fourth-order valence-electron chi connectivity index (χ4n) is 1.22. The Morgan fingerprint density at radius 2 is 2.07 bits per heavy atom. The predicted molar refractivity (Wildman–Crippen MR) is 58.6 cm³/mol. The smallest absolute Gasteiger partial charge is 0.237 e. The minimum absolute atomic E-state index is 0.00373. The van der Waals surface area contributed by atoms with E-state index in [0.29, 0.717) is 19.6 Å². The summed E-state index contributed by atoms with van der Waals surface area (Å²) in [6.07, 6.45) is 1.43. The molecule has 0 rings (SSSR count). The van der Waals surface area contributed by atoms with Gasteiger partial charge in [0.25, 0.3) is 0 Å². The topological polar surface area (TPSA) is 73.6 Å². The molecule has 0 fully saturated rings. The van der Waals surface area contributed by atoms with Crippen LogP contribution in [0.4, 0.5) is 0 Å². The third-order valence-corrected chi connectivity index (χ3v) is 2.01. The number of carbonyl (C=O) groups is 1. The Morgan fingerprint density at radius 3 is 2.60 bits per heavy atom. The molecule has 0 aromatic carbocycles. The maximum Gasteiger partial charge on any atom is 0.237 e. The van der Waals surface area contributed by atoms with Crippen molar-refractivity contribution >= 4 is 5.91 Å². The van der Waals surface area contributed by atoms with Gasteiger partial charge in [-0.05, 0) is 19.8 Å². The first kappa shape index (κ1) is 14.3. The van der Waals surface area contributed by atoms with Crippen molar-refractivity contribution in [1.82, 2.24) is 5.32 Å². The van der Waals surface area contributed by atoms with Gasteiger partial charge in [0.1, 0.15) is 0 Å². The van der Waals surface area contributed by atoms with E-state index < -0.39 is 6.04 Å². The number of nitrogens with two attached hydrogens (primary N) is 1. The van der Waals surface area contributed by atoms with E-state index in [1.54, 1.807) is 14.2 Å². The molecule has 0 aliphatic heterocycles. The summed E-state index contributed by atoms with van der Waals surface area (Å²) in [7, 11) is 3.23. The number of hydrogen-bond donors (Lipinski definition) is 2. The van der Waals surface area contributed by atoms with Gasteiger partial charge < -0.3 is 20.5 Å². The lowest BCUT2D eigenvalue weighted by Gasteiger charge is -2.16. The SMILES string of the molecule is COCCCC(N)C(=O)NC(C)COC. The van der Waals surface area contributed by atoms with Gasteiger partial charge in [-0.3, -0.25) is 4.79 Å². The quantitative estimate of drug-likeness (QED) is 0.558. The Morgan fingerprint density at radius 1 is 1.40 bits per heavy atom. The summed E-state index contributed by atoms with van der Waals surface area (Å²) in [6, 6.07) is -0.463. The van der Waals surface area contributed by atoms with Crippen molar-refractivity contribution in [2.24, 2.45) is 5.73 Å². The summed E-state index contributed by atoms with van der Waals surface area (Å²) in [5.74, 6) is -0.129. The van der Waals surface area contributed by atoms with Crippen molar-refractivity contribution in [3.63, 3.8) is 0 Å². The Labute approximate surface area is 91.3 Å². The van der Waals surface area contributed by atoms with Crippen molar-refractivity contribution in [2.45, 2.75) is 31.8 Å². The van der Waals surface area contributed by atoms with Gasteiger partial charge in [0, 0.05) is 26.9 Å². The summed E-state index contributed by atoms with van der Waals surface area (Å²) < 4.78 is 9.79. The second-order valence-corrected chi connectivity index (χ2v) is 3.61. The standard InChI is InChI=1S/C10H22N2O3/c1-8(7-15-3)12-10(13)9(11)5-4-6-14-2/h8-9H,4-7,11H2,1-3H3,(H,12,13). The largest absolute Gasteiger partial charge is 0.385 e. The number of methoxy groups -OCH3 is 2. The zero-order valence-corrected chi connectivity index (χ0v) is 9.79. The summed E-state index contributed by atoms with van der Waals surface area (Å²) in [5.41, 5.74) is 5.69. The van der Waals surface area contributed by atoms with Gasteiger partial charge in [0.15, 0.2) is 0 Å². The lowest BCUT2D eigenvalue weighted by molar-refractivity contribution is -0.123. The van der Waals surface area contributed by atoms with Crippen LogP contribution in [0.2, 0.25) is 0 Å². The summed E-state index contributed by atoms with van der Waals surface area (Å²) in [6.45, 7) is 3.01. The third kappa shape index (κ3) is 7.30. The van der Waals surface area contributed by atoms with Crippen molar-refractivity contribution in [1.29, 1.82) is 0 Å². The molecule has 90 valence electrons. The van der Waals surface area contributed by atoms with Gasteiger partial charge in [-0.25, -0.2) is 0 Å². The Balaban J connectivity index is 3.68. The minimum atomic E-state index is -0.459. The van der Waals surface area contributed by atoms with E-state index in [0.717, 1.165) is 6.42 Å².